The van der Waals surface area contributed by atoms with Gasteiger partial charge in [0.1, 0.15) is 0 Å². The molecule has 1 amide bonds. The van der Waals surface area contributed by atoms with Gasteiger partial charge in [-0.05, 0) is 25.1 Å². The van der Waals surface area contributed by atoms with Crippen LogP contribution in [0.3, 0.4) is 0 Å². The number of nitrogen functional groups attached to an aromatic ring is 1. The Labute approximate surface area is 103 Å². The number of anilines is 2. The third kappa shape index (κ3) is 2.76. The fraction of sp³-hybridized carbons (Fsp3) is 0.0909. The number of carbonyl (C=O) groups is 1. The normalized spacial score (nSPS) is 10.2. The highest BCUT2D eigenvalue weighted by Crippen LogP contribution is 2.17. The first kappa shape index (κ1) is 11.5. The quantitative estimate of drug-likeness (QED) is 0.715. The summed E-state index contributed by atoms with van der Waals surface area (Å²) in [5.74, 6) is 0.164. The minimum Gasteiger partial charge on any atom is -0.399 e. The van der Waals surface area contributed by atoms with Gasteiger partial charge in [-0.1, -0.05) is 11.6 Å². The average Bonchev–Trinajstić information content (AvgIpc) is 2.62. The Balaban J connectivity index is 2.19. The topological polar surface area (TPSA) is 83.8 Å². The first-order valence-corrected chi connectivity index (χ1v) is 5.32. The molecule has 0 aliphatic heterocycles. The maximum Gasteiger partial charge on any atom is 0.256 e. The molecule has 88 valence electrons. The van der Waals surface area contributed by atoms with Crippen LogP contribution >= 0.6 is 11.6 Å². The van der Waals surface area contributed by atoms with Crippen LogP contribution < -0.4 is 11.1 Å². The van der Waals surface area contributed by atoms with Crippen molar-refractivity contribution in [3.05, 3.63) is 40.5 Å². The summed E-state index contributed by atoms with van der Waals surface area (Å²) in [7, 11) is 0. The van der Waals surface area contributed by atoms with Crippen molar-refractivity contribution in [1.29, 1.82) is 0 Å². The van der Waals surface area contributed by atoms with E-state index in [9.17, 15) is 4.79 Å². The van der Waals surface area contributed by atoms with Crippen LogP contribution in [0.4, 0.5) is 11.5 Å². The fourth-order valence-corrected chi connectivity index (χ4v) is 1.66. The Morgan fingerprint density at radius 1 is 1.41 bits per heavy atom. The number of benzene rings is 1. The Hall–Kier alpha value is -2.01. The van der Waals surface area contributed by atoms with E-state index in [1.165, 1.54) is 0 Å². The van der Waals surface area contributed by atoms with Crippen molar-refractivity contribution in [2.45, 2.75) is 6.92 Å². The molecule has 2 aromatic rings. The lowest BCUT2D eigenvalue weighted by atomic mass is 10.2. The molecule has 2 rings (SSSR count). The van der Waals surface area contributed by atoms with E-state index in [1.54, 1.807) is 24.3 Å². The number of H-pyrrole nitrogens is 1. The summed E-state index contributed by atoms with van der Waals surface area (Å²) in [6, 6.07) is 6.41. The predicted molar refractivity (Wildman–Crippen MR) is 67.1 cm³/mol. The molecule has 1 heterocycles. The van der Waals surface area contributed by atoms with Crippen molar-refractivity contribution in [2.24, 2.45) is 0 Å². The zero-order valence-electron chi connectivity index (χ0n) is 9.12. The van der Waals surface area contributed by atoms with Gasteiger partial charge >= 0.3 is 0 Å². The molecule has 0 bridgehead atoms. The number of aromatic nitrogens is 2. The number of carbonyl (C=O) groups excluding carboxylic acids is 1. The maximum absolute atomic E-state index is 11.8. The number of hydrogen-bond acceptors (Lipinski definition) is 3. The molecule has 0 atom stereocenters. The van der Waals surface area contributed by atoms with Gasteiger partial charge in [0.05, 0.1) is 0 Å². The molecule has 4 N–H and O–H groups in total. The third-order valence-electron chi connectivity index (χ3n) is 2.13. The number of amides is 1. The van der Waals surface area contributed by atoms with Crippen LogP contribution in [0.5, 0.6) is 0 Å². The molecule has 1 aromatic carbocycles. The van der Waals surface area contributed by atoms with Crippen molar-refractivity contribution < 1.29 is 4.79 Å². The fourth-order valence-electron chi connectivity index (χ4n) is 1.41. The van der Waals surface area contributed by atoms with Crippen LogP contribution in [0.15, 0.2) is 24.3 Å². The van der Waals surface area contributed by atoms with E-state index in [-0.39, 0.29) is 5.91 Å². The van der Waals surface area contributed by atoms with Gasteiger partial charge in [-0.15, -0.1) is 0 Å². The second kappa shape index (κ2) is 4.47. The maximum atomic E-state index is 11.8. The van der Waals surface area contributed by atoms with E-state index >= 15 is 0 Å². The molecule has 0 saturated carbocycles. The van der Waals surface area contributed by atoms with Crippen molar-refractivity contribution in [1.82, 2.24) is 10.2 Å². The summed E-state index contributed by atoms with van der Waals surface area (Å²) in [5, 5.41) is 9.70. The molecule has 0 aliphatic rings. The van der Waals surface area contributed by atoms with E-state index < -0.39 is 0 Å². The average molecular weight is 251 g/mol. The highest BCUT2D eigenvalue weighted by molar-refractivity contribution is 6.31. The zero-order chi connectivity index (χ0) is 12.4. The minimum atomic E-state index is -0.300. The van der Waals surface area contributed by atoms with Gasteiger partial charge in [0.15, 0.2) is 5.82 Å². The number of nitrogens with one attached hydrogen (secondary N) is 2. The van der Waals surface area contributed by atoms with Crippen molar-refractivity contribution >= 4 is 29.0 Å². The van der Waals surface area contributed by atoms with E-state index in [1.807, 2.05) is 6.92 Å². The van der Waals surface area contributed by atoms with Gasteiger partial charge in [0.2, 0.25) is 0 Å². The Morgan fingerprint density at radius 3 is 2.76 bits per heavy atom. The van der Waals surface area contributed by atoms with Gasteiger partial charge in [0.25, 0.3) is 5.91 Å². The summed E-state index contributed by atoms with van der Waals surface area (Å²) < 4.78 is 0. The number of aromatic amines is 1. The molecule has 1 aromatic heterocycles. The first-order chi connectivity index (χ1) is 8.04. The summed E-state index contributed by atoms with van der Waals surface area (Å²) in [6.45, 7) is 1.85. The Bertz CT molecular complexity index is 544. The molecule has 0 unspecified atom stereocenters. The molecule has 0 spiro atoms. The van der Waals surface area contributed by atoms with Crippen molar-refractivity contribution in [3.8, 4) is 0 Å². The predicted octanol–water partition coefficient (Wildman–Crippen LogP) is 2.21. The first-order valence-electron chi connectivity index (χ1n) is 4.94. The van der Waals surface area contributed by atoms with Gasteiger partial charge < -0.3 is 11.1 Å². The van der Waals surface area contributed by atoms with Crippen LogP contribution in [-0.4, -0.2) is 16.1 Å². The molecule has 0 radical (unpaired) electrons. The van der Waals surface area contributed by atoms with E-state index in [2.05, 4.69) is 15.5 Å². The molecule has 5 nitrogen and oxygen atoms in total. The highest BCUT2D eigenvalue weighted by atomic mass is 35.5. The number of nitrogens with two attached hydrogens (primary N) is 1. The van der Waals surface area contributed by atoms with Crippen LogP contribution in [0.2, 0.25) is 5.02 Å². The number of rotatable bonds is 2. The lowest BCUT2D eigenvalue weighted by Crippen LogP contribution is -2.12. The van der Waals surface area contributed by atoms with Crippen LogP contribution in [0.25, 0.3) is 0 Å². The van der Waals surface area contributed by atoms with Gasteiger partial charge in [-0.2, -0.15) is 5.10 Å². The number of halogens is 1. The van der Waals surface area contributed by atoms with E-state index in [4.69, 9.17) is 17.3 Å². The summed E-state index contributed by atoms with van der Waals surface area (Å²) in [4.78, 5) is 11.8. The number of nitrogens with zero attached hydrogens (tertiary/aromatic N) is 1. The molecule has 6 heteroatoms. The molecule has 0 saturated heterocycles. The summed E-state index contributed by atoms with van der Waals surface area (Å²) >= 11 is 5.82. The molecule has 17 heavy (non-hydrogen) atoms. The van der Waals surface area contributed by atoms with Crippen molar-refractivity contribution in [2.75, 3.05) is 11.1 Å². The van der Waals surface area contributed by atoms with Crippen molar-refractivity contribution in [3.63, 3.8) is 0 Å². The third-order valence-corrected chi connectivity index (χ3v) is 2.35. The zero-order valence-corrected chi connectivity index (χ0v) is 9.88. The summed E-state index contributed by atoms with van der Waals surface area (Å²) in [6.07, 6.45) is 0. The van der Waals surface area contributed by atoms with Gasteiger partial charge in [0, 0.05) is 28.0 Å². The lowest BCUT2D eigenvalue weighted by Gasteiger charge is -2.03. The molecular weight excluding hydrogens is 240 g/mol. The Morgan fingerprint density at radius 2 is 2.18 bits per heavy atom. The molecule has 0 aliphatic carbocycles. The van der Waals surface area contributed by atoms with Crippen LogP contribution in [-0.2, 0) is 0 Å². The monoisotopic (exact) mass is 250 g/mol. The van der Waals surface area contributed by atoms with Gasteiger partial charge in [-0.25, -0.2) is 0 Å². The lowest BCUT2D eigenvalue weighted by molar-refractivity contribution is 0.102. The second-order valence-corrected chi connectivity index (χ2v) is 4.10. The highest BCUT2D eigenvalue weighted by Gasteiger charge is 2.09. The minimum absolute atomic E-state index is 0.300. The van der Waals surface area contributed by atoms with E-state index in [0.717, 1.165) is 5.69 Å². The van der Waals surface area contributed by atoms with Crippen LogP contribution in [0.1, 0.15) is 16.1 Å². The summed E-state index contributed by atoms with van der Waals surface area (Å²) in [5.41, 5.74) is 7.32. The van der Waals surface area contributed by atoms with E-state index in [0.29, 0.717) is 22.1 Å². The smallest absolute Gasteiger partial charge is 0.256 e. The number of aryl methyl sites for hydroxylation is 1. The largest absolute Gasteiger partial charge is 0.399 e. The van der Waals surface area contributed by atoms with Crippen LogP contribution in [0, 0.1) is 6.92 Å². The standard InChI is InChI=1S/C11H11ClN4O/c1-6-2-10(16-15-6)14-11(17)7-3-8(12)5-9(13)4-7/h2-5H,13H2,1H3,(H2,14,15,16,17). The van der Waals surface area contributed by atoms with Gasteiger partial charge in [-0.3, -0.25) is 9.89 Å². The second-order valence-electron chi connectivity index (χ2n) is 3.66. The number of hydrogen-bond donors (Lipinski definition) is 3. The molecular formula is C11H11ClN4O. The SMILES string of the molecule is Cc1cc(NC(=O)c2cc(N)cc(Cl)c2)n[nH]1. The molecule has 0 fully saturated rings. The Kier molecular flexibility index (Phi) is 3.01.